The van der Waals surface area contributed by atoms with Crippen LogP contribution in [0.25, 0.3) is 11.0 Å². The number of hydrogen-bond acceptors (Lipinski definition) is 5. The molecule has 0 aliphatic heterocycles. The Hall–Kier alpha value is -2.60. The molecule has 1 N–H and O–H groups in total. The predicted molar refractivity (Wildman–Crippen MR) is 90.3 cm³/mol. The van der Waals surface area contributed by atoms with E-state index in [0.717, 1.165) is 10.9 Å². The maximum absolute atomic E-state index is 12.3. The third-order valence-corrected chi connectivity index (χ3v) is 4.10. The first-order valence-corrected chi connectivity index (χ1v) is 8.07. The highest BCUT2D eigenvalue weighted by molar-refractivity contribution is 7.98. The minimum atomic E-state index is -0.245. The summed E-state index contributed by atoms with van der Waals surface area (Å²) in [6.07, 6.45) is 5.02. The van der Waals surface area contributed by atoms with Crippen LogP contribution in [-0.4, -0.2) is 22.4 Å². The smallest absolute Gasteiger partial charge is 0.287 e. The van der Waals surface area contributed by atoms with Crippen molar-refractivity contribution in [1.29, 1.82) is 0 Å². The number of thioether (sulfide) groups is 1. The van der Waals surface area contributed by atoms with Crippen LogP contribution in [0, 0.1) is 0 Å². The molecule has 3 aromatic rings. The quantitative estimate of drug-likeness (QED) is 0.427. The van der Waals surface area contributed by atoms with Crippen molar-refractivity contribution < 1.29 is 9.21 Å². The molecule has 0 atom stereocenters. The van der Waals surface area contributed by atoms with Crippen LogP contribution in [0.4, 0.5) is 0 Å². The Balaban J connectivity index is 1.92. The van der Waals surface area contributed by atoms with Gasteiger partial charge in [0.25, 0.3) is 5.91 Å². The van der Waals surface area contributed by atoms with Crippen molar-refractivity contribution in [3.05, 3.63) is 66.7 Å². The van der Waals surface area contributed by atoms with E-state index < -0.39 is 0 Å². The van der Waals surface area contributed by atoms with Crippen molar-refractivity contribution in [2.75, 3.05) is 6.54 Å². The molecule has 0 aliphatic rings. The largest absolute Gasteiger partial charge is 0.451 e. The number of rotatable bonds is 6. The molecule has 23 heavy (non-hydrogen) atoms. The van der Waals surface area contributed by atoms with Crippen LogP contribution in [0.2, 0.25) is 0 Å². The molecule has 116 valence electrons. The molecular weight excluding hydrogens is 310 g/mol. The summed E-state index contributed by atoms with van der Waals surface area (Å²) in [4.78, 5) is 20.7. The van der Waals surface area contributed by atoms with Crippen LogP contribution in [0.5, 0.6) is 0 Å². The van der Waals surface area contributed by atoms with Crippen molar-refractivity contribution in [3.8, 4) is 0 Å². The fourth-order valence-electron chi connectivity index (χ4n) is 2.17. The summed E-state index contributed by atoms with van der Waals surface area (Å²) in [5.41, 5.74) is 1.54. The maximum atomic E-state index is 12.3. The van der Waals surface area contributed by atoms with Crippen molar-refractivity contribution in [3.63, 3.8) is 0 Å². The summed E-state index contributed by atoms with van der Waals surface area (Å²) in [5.74, 6) is 0.639. The number of benzene rings is 1. The molecule has 0 fully saturated rings. The normalized spacial score (nSPS) is 10.6. The van der Waals surface area contributed by atoms with Crippen LogP contribution in [-0.2, 0) is 5.75 Å². The summed E-state index contributed by atoms with van der Waals surface area (Å²) in [7, 11) is 0. The molecule has 6 heteroatoms. The van der Waals surface area contributed by atoms with E-state index in [0.29, 0.717) is 28.8 Å². The molecule has 0 saturated heterocycles. The number of amides is 1. The SMILES string of the molecule is C=CCNC(=O)c1oc2ccccc2c1CSc1ncccn1. The fraction of sp³-hybridized carbons (Fsp3) is 0.118. The topological polar surface area (TPSA) is 68.0 Å². The molecule has 0 unspecified atom stereocenters. The lowest BCUT2D eigenvalue weighted by molar-refractivity contribution is 0.0931. The molecule has 1 aromatic carbocycles. The lowest BCUT2D eigenvalue weighted by Gasteiger charge is -2.03. The fourth-order valence-corrected chi connectivity index (χ4v) is 3.00. The van der Waals surface area contributed by atoms with Gasteiger partial charge in [-0.15, -0.1) is 6.58 Å². The minimum absolute atomic E-state index is 0.245. The van der Waals surface area contributed by atoms with E-state index in [9.17, 15) is 4.79 Å². The number of nitrogens with one attached hydrogen (secondary N) is 1. The molecular formula is C17H15N3O2S. The summed E-state index contributed by atoms with van der Waals surface area (Å²) in [6, 6.07) is 9.38. The molecule has 3 rings (SSSR count). The Labute approximate surface area is 137 Å². The Bertz CT molecular complexity index is 830. The highest BCUT2D eigenvalue weighted by Crippen LogP contribution is 2.30. The molecule has 1 amide bonds. The van der Waals surface area contributed by atoms with Crippen molar-refractivity contribution in [1.82, 2.24) is 15.3 Å². The van der Waals surface area contributed by atoms with Gasteiger partial charge in [0, 0.05) is 35.6 Å². The zero-order chi connectivity index (χ0) is 16.1. The molecule has 2 heterocycles. The van der Waals surface area contributed by atoms with Gasteiger partial charge in [-0.2, -0.15) is 0 Å². The van der Waals surface area contributed by atoms with E-state index in [4.69, 9.17) is 4.42 Å². The van der Waals surface area contributed by atoms with Crippen LogP contribution in [0.15, 0.2) is 65.0 Å². The molecule has 0 spiro atoms. The zero-order valence-electron chi connectivity index (χ0n) is 12.4. The Morgan fingerprint density at radius 1 is 1.26 bits per heavy atom. The predicted octanol–water partition coefficient (Wildman–Crippen LogP) is 3.43. The van der Waals surface area contributed by atoms with Crippen LogP contribution in [0.3, 0.4) is 0 Å². The second kappa shape index (κ2) is 7.11. The molecule has 0 radical (unpaired) electrons. The number of hydrogen-bond donors (Lipinski definition) is 1. The first kappa shape index (κ1) is 15.3. The lowest BCUT2D eigenvalue weighted by atomic mass is 10.1. The van der Waals surface area contributed by atoms with E-state index in [-0.39, 0.29) is 5.91 Å². The molecule has 0 aliphatic carbocycles. The number of furan rings is 1. The number of carbonyl (C=O) groups is 1. The molecule has 0 bridgehead atoms. The summed E-state index contributed by atoms with van der Waals surface area (Å²) < 4.78 is 5.75. The summed E-state index contributed by atoms with van der Waals surface area (Å²) >= 11 is 1.47. The van der Waals surface area contributed by atoms with E-state index in [1.807, 2.05) is 24.3 Å². The van der Waals surface area contributed by atoms with E-state index in [1.54, 1.807) is 24.5 Å². The zero-order valence-corrected chi connectivity index (χ0v) is 13.2. The third kappa shape index (κ3) is 3.43. The van der Waals surface area contributed by atoms with Crippen LogP contribution < -0.4 is 5.32 Å². The first-order chi connectivity index (χ1) is 11.3. The molecule has 2 aromatic heterocycles. The minimum Gasteiger partial charge on any atom is -0.451 e. The number of carbonyl (C=O) groups excluding carboxylic acids is 1. The Morgan fingerprint density at radius 2 is 2.04 bits per heavy atom. The lowest BCUT2D eigenvalue weighted by Crippen LogP contribution is -2.23. The van der Waals surface area contributed by atoms with Crippen LogP contribution in [0.1, 0.15) is 16.1 Å². The van der Waals surface area contributed by atoms with Crippen molar-refractivity contribution >= 4 is 28.6 Å². The number of fused-ring (bicyclic) bond motifs is 1. The highest BCUT2D eigenvalue weighted by atomic mass is 32.2. The Morgan fingerprint density at radius 3 is 2.83 bits per heavy atom. The van der Waals surface area contributed by atoms with E-state index >= 15 is 0 Å². The van der Waals surface area contributed by atoms with Gasteiger partial charge in [0.05, 0.1) is 0 Å². The third-order valence-electron chi connectivity index (χ3n) is 3.20. The van der Waals surface area contributed by atoms with Crippen LogP contribution >= 0.6 is 11.8 Å². The first-order valence-electron chi connectivity index (χ1n) is 7.09. The summed E-state index contributed by atoms with van der Waals surface area (Å²) in [5, 5.41) is 4.35. The molecule has 5 nitrogen and oxygen atoms in total. The molecule has 0 saturated carbocycles. The average molecular weight is 325 g/mol. The van der Waals surface area contributed by atoms with Gasteiger partial charge in [0.1, 0.15) is 5.58 Å². The number of nitrogens with zero attached hydrogens (tertiary/aromatic N) is 2. The monoisotopic (exact) mass is 325 g/mol. The van der Waals surface area contributed by atoms with E-state index in [1.165, 1.54) is 11.8 Å². The van der Waals surface area contributed by atoms with Gasteiger partial charge in [0.15, 0.2) is 10.9 Å². The second-order valence-electron chi connectivity index (χ2n) is 4.72. The van der Waals surface area contributed by atoms with Crippen molar-refractivity contribution in [2.24, 2.45) is 0 Å². The standard InChI is InChI=1S/C17H15N3O2S/c1-2-8-18-16(21)15-13(11-23-17-19-9-5-10-20-17)12-6-3-4-7-14(12)22-15/h2-7,9-10H,1,8,11H2,(H,18,21). The van der Waals surface area contributed by atoms with Gasteiger partial charge in [-0.05, 0) is 12.1 Å². The number of aromatic nitrogens is 2. The van der Waals surface area contributed by atoms with Gasteiger partial charge < -0.3 is 9.73 Å². The van der Waals surface area contributed by atoms with Crippen molar-refractivity contribution in [2.45, 2.75) is 10.9 Å². The van der Waals surface area contributed by atoms with Gasteiger partial charge in [0.2, 0.25) is 0 Å². The van der Waals surface area contributed by atoms with E-state index in [2.05, 4.69) is 21.9 Å². The van der Waals surface area contributed by atoms with Gasteiger partial charge in [-0.3, -0.25) is 4.79 Å². The highest BCUT2D eigenvalue weighted by Gasteiger charge is 2.20. The van der Waals surface area contributed by atoms with Gasteiger partial charge in [-0.1, -0.05) is 36.0 Å². The number of para-hydroxylation sites is 1. The average Bonchev–Trinajstić information content (AvgIpc) is 2.97. The summed E-state index contributed by atoms with van der Waals surface area (Å²) in [6.45, 7) is 3.99. The maximum Gasteiger partial charge on any atom is 0.287 e. The van der Waals surface area contributed by atoms with Gasteiger partial charge >= 0.3 is 0 Å². The van der Waals surface area contributed by atoms with Gasteiger partial charge in [-0.25, -0.2) is 9.97 Å². The second-order valence-corrected chi connectivity index (χ2v) is 5.67. The Kier molecular flexibility index (Phi) is 4.73.